The summed E-state index contributed by atoms with van der Waals surface area (Å²) in [5.74, 6) is 0. The number of H-pyrrole nitrogens is 1. The molecule has 0 saturated heterocycles. The Labute approximate surface area is 118 Å². The maximum atomic E-state index is 5.35. The predicted molar refractivity (Wildman–Crippen MR) is 80.2 cm³/mol. The van der Waals surface area contributed by atoms with Gasteiger partial charge < -0.3 is 4.74 Å². The summed E-state index contributed by atoms with van der Waals surface area (Å²) in [4.78, 5) is 0. The van der Waals surface area contributed by atoms with E-state index in [1.807, 2.05) is 36.4 Å². The molecular formula is C17H16N2O. The van der Waals surface area contributed by atoms with E-state index in [2.05, 4.69) is 34.5 Å². The SMILES string of the molecule is COCc1c(-c2ccccc2)n[nH]c1-c1ccccc1. The molecule has 100 valence electrons. The first kappa shape index (κ1) is 12.6. The van der Waals surface area contributed by atoms with Gasteiger partial charge in [0.25, 0.3) is 0 Å². The Morgan fingerprint density at radius 1 is 0.900 bits per heavy atom. The Bertz CT molecular complexity index is 618. The number of methoxy groups -OCH3 is 1. The standard InChI is InChI=1S/C17H16N2O/c1-20-12-15-16(13-8-4-2-5-9-13)18-19-17(15)14-10-6-3-7-11-14/h2-11H,12H2,1H3,(H,18,19). The third-order valence-electron chi connectivity index (χ3n) is 3.27. The van der Waals surface area contributed by atoms with Crippen LogP contribution >= 0.6 is 0 Å². The van der Waals surface area contributed by atoms with Gasteiger partial charge in [0, 0.05) is 18.2 Å². The molecule has 3 heteroatoms. The van der Waals surface area contributed by atoms with Crippen molar-refractivity contribution in [2.45, 2.75) is 6.61 Å². The van der Waals surface area contributed by atoms with Crippen LogP contribution in [0.2, 0.25) is 0 Å². The van der Waals surface area contributed by atoms with E-state index < -0.39 is 0 Å². The first-order valence-electron chi connectivity index (χ1n) is 6.57. The zero-order chi connectivity index (χ0) is 13.8. The fourth-order valence-electron chi connectivity index (χ4n) is 2.33. The van der Waals surface area contributed by atoms with E-state index in [9.17, 15) is 0 Å². The molecule has 0 amide bonds. The number of hydrogen-bond donors (Lipinski definition) is 1. The van der Waals surface area contributed by atoms with Gasteiger partial charge in [0.15, 0.2) is 0 Å². The molecule has 0 aliphatic carbocycles. The average molecular weight is 264 g/mol. The number of ether oxygens (including phenoxy) is 1. The second-order valence-electron chi connectivity index (χ2n) is 4.59. The summed E-state index contributed by atoms with van der Waals surface area (Å²) < 4.78 is 5.35. The van der Waals surface area contributed by atoms with Gasteiger partial charge >= 0.3 is 0 Å². The minimum atomic E-state index is 0.533. The molecule has 0 spiro atoms. The van der Waals surface area contributed by atoms with E-state index in [0.717, 1.165) is 28.1 Å². The van der Waals surface area contributed by atoms with Gasteiger partial charge in [-0.15, -0.1) is 0 Å². The lowest BCUT2D eigenvalue weighted by molar-refractivity contribution is 0.185. The van der Waals surface area contributed by atoms with Crippen molar-refractivity contribution >= 4 is 0 Å². The van der Waals surface area contributed by atoms with E-state index in [1.165, 1.54) is 0 Å². The maximum absolute atomic E-state index is 5.35. The highest BCUT2D eigenvalue weighted by Crippen LogP contribution is 2.30. The van der Waals surface area contributed by atoms with Crippen molar-refractivity contribution in [2.75, 3.05) is 7.11 Å². The molecule has 0 bridgehead atoms. The molecule has 0 atom stereocenters. The number of nitrogens with zero attached hydrogens (tertiary/aromatic N) is 1. The second kappa shape index (κ2) is 5.72. The van der Waals surface area contributed by atoms with Gasteiger partial charge in [-0.05, 0) is 5.56 Å². The number of nitrogens with one attached hydrogen (secondary N) is 1. The summed E-state index contributed by atoms with van der Waals surface area (Å²) >= 11 is 0. The summed E-state index contributed by atoms with van der Waals surface area (Å²) in [7, 11) is 1.70. The molecule has 0 fully saturated rings. The predicted octanol–water partition coefficient (Wildman–Crippen LogP) is 3.89. The Morgan fingerprint density at radius 3 is 2.10 bits per heavy atom. The molecule has 0 saturated carbocycles. The molecule has 0 radical (unpaired) electrons. The quantitative estimate of drug-likeness (QED) is 0.776. The van der Waals surface area contributed by atoms with Gasteiger partial charge in [-0.3, -0.25) is 5.10 Å². The van der Waals surface area contributed by atoms with Crippen molar-refractivity contribution in [1.82, 2.24) is 10.2 Å². The Hall–Kier alpha value is -2.39. The molecule has 1 N–H and O–H groups in total. The zero-order valence-corrected chi connectivity index (χ0v) is 11.3. The van der Waals surface area contributed by atoms with E-state index in [-0.39, 0.29) is 0 Å². The maximum Gasteiger partial charge on any atom is 0.0982 e. The van der Waals surface area contributed by atoms with Gasteiger partial charge in [0.2, 0.25) is 0 Å². The van der Waals surface area contributed by atoms with Crippen molar-refractivity contribution in [3.63, 3.8) is 0 Å². The lowest BCUT2D eigenvalue weighted by Gasteiger charge is -2.05. The van der Waals surface area contributed by atoms with Crippen LogP contribution in [0.4, 0.5) is 0 Å². The first-order chi connectivity index (χ1) is 9.90. The largest absolute Gasteiger partial charge is 0.380 e. The van der Waals surface area contributed by atoms with Crippen molar-refractivity contribution in [2.24, 2.45) is 0 Å². The van der Waals surface area contributed by atoms with Gasteiger partial charge in [0.1, 0.15) is 0 Å². The number of aromatic nitrogens is 2. The topological polar surface area (TPSA) is 37.9 Å². The molecule has 0 aliphatic rings. The normalized spacial score (nSPS) is 10.7. The minimum Gasteiger partial charge on any atom is -0.380 e. The molecule has 2 aromatic carbocycles. The number of benzene rings is 2. The van der Waals surface area contributed by atoms with Crippen LogP contribution in [0.1, 0.15) is 5.56 Å². The molecule has 3 rings (SSSR count). The molecule has 0 unspecified atom stereocenters. The van der Waals surface area contributed by atoms with E-state index in [4.69, 9.17) is 4.74 Å². The van der Waals surface area contributed by atoms with E-state index in [0.29, 0.717) is 6.61 Å². The molecule has 1 heterocycles. The molecule has 1 aromatic heterocycles. The van der Waals surface area contributed by atoms with Gasteiger partial charge in [0.05, 0.1) is 18.0 Å². The summed E-state index contributed by atoms with van der Waals surface area (Å²) in [6.07, 6.45) is 0. The minimum absolute atomic E-state index is 0.533. The Balaban J connectivity index is 2.12. The molecule has 0 aliphatic heterocycles. The highest BCUT2D eigenvalue weighted by molar-refractivity contribution is 5.73. The fraction of sp³-hybridized carbons (Fsp3) is 0.118. The van der Waals surface area contributed by atoms with Crippen LogP contribution in [0, 0.1) is 0 Å². The monoisotopic (exact) mass is 264 g/mol. The smallest absolute Gasteiger partial charge is 0.0982 e. The zero-order valence-electron chi connectivity index (χ0n) is 11.3. The Morgan fingerprint density at radius 2 is 1.50 bits per heavy atom. The molecule has 3 aromatic rings. The van der Waals surface area contributed by atoms with E-state index in [1.54, 1.807) is 7.11 Å². The third-order valence-corrected chi connectivity index (χ3v) is 3.27. The van der Waals surface area contributed by atoms with Crippen LogP contribution in [-0.4, -0.2) is 17.3 Å². The highest BCUT2D eigenvalue weighted by Gasteiger charge is 2.15. The van der Waals surface area contributed by atoms with E-state index >= 15 is 0 Å². The molecule has 3 nitrogen and oxygen atoms in total. The van der Waals surface area contributed by atoms with Gasteiger partial charge in [-0.25, -0.2) is 0 Å². The first-order valence-corrected chi connectivity index (χ1v) is 6.57. The summed E-state index contributed by atoms with van der Waals surface area (Å²) in [6.45, 7) is 0.533. The lowest BCUT2D eigenvalue weighted by atomic mass is 10.0. The van der Waals surface area contributed by atoms with Crippen LogP contribution in [0.5, 0.6) is 0 Å². The van der Waals surface area contributed by atoms with Crippen LogP contribution < -0.4 is 0 Å². The Kier molecular flexibility index (Phi) is 3.61. The summed E-state index contributed by atoms with van der Waals surface area (Å²) in [5.41, 5.74) is 5.27. The summed E-state index contributed by atoms with van der Waals surface area (Å²) in [5, 5.41) is 7.62. The van der Waals surface area contributed by atoms with Crippen molar-refractivity contribution < 1.29 is 4.74 Å². The average Bonchev–Trinajstić information content (AvgIpc) is 2.93. The molecule has 20 heavy (non-hydrogen) atoms. The van der Waals surface area contributed by atoms with Crippen LogP contribution in [0.15, 0.2) is 60.7 Å². The number of hydrogen-bond acceptors (Lipinski definition) is 2. The van der Waals surface area contributed by atoms with Crippen molar-refractivity contribution in [1.29, 1.82) is 0 Å². The third kappa shape index (κ3) is 2.36. The second-order valence-corrected chi connectivity index (χ2v) is 4.59. The summed E-state index contributed by atoms with van der Waals surface area (Å²) in [6, 6.07) is 20.4. The van der Waals surface area contributed by atoms with Crippen LogP contribution in [-0.2, 0) is 11.3 Å². The highest BCUT2D eigenvalue weighted by atomic mass is 16.5. The fourth-order valence-corrected chi connectivity index (χ4v) is 2.33. The van der Waals surface area contributed by atoms with Crippen molar-refractivity contribution in [3.05, 3.63) is 66.2 Å². The van der Waals surface area contributed by atoms with Gasteiger partial charge in [-0.1, -0.05) is 60.7 Å². The van der Waals surface area contributed by atoms with Crippen LogP contribution in [0.25, 0.3) is 22.5 Å². The number of aromatic amines is 1. The molecular weight excluding hydrogens is 248 g/mol. The lowest BCUT2D eigenvalue weighted by Crippen LogP contribution is -1.92. The van der Waals surface area contributed by atoms with Crippen LogP contribution in [0.3, 0.4) is 0 Å². The van der Waals surface area contributed by atoms with Gasteiger partial charge in [-0.2, -0.15) is 5.10 Å². The number of rotatable bonds is 4. The van der Waals surface area contributed by atoms with Crippen molar-refractivity contribution in [3.8, 4) is 22.5 Å².